The Balaban J connectivity index is 2.49. The van der Waals surface area contributed by atoms with Crippen molar-refractivity contribution in [1.82, 2.24) is 4.90 Å². The molecule has 0 amide bonds. The lowest BCUT2D eigenvalue weighted by atomic mass is 10.2. The first kappa shape index (κ1) is 8.58. The standard InChI is InChI=1S/C9H15NO/c1-4-5-10-8(2)6-11-7-9(10)3/h1,8-9H,5-7H2,2-3H3. The number of rotatable bonds is 1. The van der Waals surface area contributed by atoms with Gasteiger partial charge in [0.25, 0.3) is 0 Å². The molecule has 0 aromatic rings. The van der Waals surface area contributed by atoms with Crippen molar-refractivity contribution in [1.29, 1.82) is 0 Å². The fraction of sp³-hybridized carbons (Fsp3) is 0.778. The third kappa shape index (κ3) is 1.95. The van der Waals surface area contributed by atoms with Crippen LogP contribution < -0.4 is 0 Å². The van der Waals surface area contributed by atoms with Crippen LogP contribution in [0.25, 0.3) is 0 Å². The normalized spacial score (nSPS) is 33.2. The van der Waals surface area contributed by atoms with Crippen LogP contribution in [-0.2, 0) is 4.74 Å². The molecule has 1 rings (SSSR count). The van der Waals surface area contributed by atoms with E-state index < -0.39 is 0 Å². The Morgan fingerprint density at radius 3 is 2.45 bits per heavy atom. The molecule has 0 spiro atoms. The molecule has 2 heteroatoms. The average Bonchev–Trinajstić information content (AvgIpc) is 1.97. The number of nitrogens with zero attached hydrogens (tertiary/aromatic N) is 1. The van der Waals surface area contributed by atoms with Crippen molar-refractivity contribution in [3.63, 3.8) is 0 Å². The van der Waals surface area contributed by atoms with Crippen LogP contribution in [0.15, 0.2) is 0 Å². The molecule has 0 aromatic carbocycles. The SMILES string of the molecule is C#CCN1C(C)COCC1C. The molecule has 1 aliphatic heterocycles. The molecule has 2 unspecified atom stereocenters. The van der Waals surface area contributed by atoms with Gasteiger partial charge in [0.15, 0.2) is 0 Å². The van der Waals surface area contributed by atoms with E-state index in [0.29, 0.717) is 12.1 Å². The highest BCUT2D eigenvalue weighted by Gasteiger charge is 2.23. The zero-order valence-electron chi connectivity index (χ0n) is 7.21. The van der Waals surface area contributed by atoms with Gasteiger partial charge < -0.3 is 4.74 Å². The monoisotopic (exact) mass is 153 g/mol. The third-order valence-corrected chi connectivity index (χ3v) is 2.12. The van der Waals surface area contributed by atoms with Gasteiger partial charge in [0.1, 0.15) is 0 Å². The van der Waals surface area contributed by atoms with Gasteiger partial charge in [-0.15, -0.1) is 6.42 Å². The summed E-state index contributed by atoms with van der Waals surface area (Å²) in [6.45, 7) is 6.66. The van der Waals surface area contributed by atoms with Crippen LogP contribution in [-0.4, -0.2) is 36.7 Å². The first-order valence-electron chi connectivity index (χ1n) is 4.02. The van der Waals surface area contributed by atoms with Crippen molar-refractivity contribution in [2.75, 3.05) is 19.8 Å². The lowest BCUT2D eigenvalue weighted by molar-refractivity contribution is -0.0295. The van der Waals surface area contributed by atoms with E-state index in [-0.39, 0.29) is 0 Å². The molecule has 0 aliphatic carbocycles. The fourth-order valence-electron chi connectivity index (χ4n) is 1.45. The molecule has 2 nitrogen and oxygen atoms in total. The van der Waals surface area contributed by atoms with Gasteiger partial charge in [-0.2, -0.15) is 0 Å². The van der Waals surface area contributed by atoms with E-state index in [1.165, 1.54) is 0 Å². The third-order valence-electron chi connectivity index (χ3n) is 2.12. The summed E-state index contributed by atoms with van der Waals surface area (Å²) in [6.07, 6.45) is 5.25. The Hall–Kier alpha value is -0.520. The molecule has 0 N–H and O–H groups in total. The van der Waals surface area contributed by atoms with Crippen molar-refractivity contribution in [3.8, 4) is 12.3 Å². The minimum Gasteiger partial charge on any atom is -0.378 e. The van der Waals surface area contributed by atoms with Crippen LogP contribution in [0.3, 0.4) is 0 Å². The molecule has 0 saturated carbocycles. The predicted molar refractivity (Wildman–Crippen MR) is 45.3 cm³/mol. The second kappa shape index (κ2) is 3.75. The van der Waals surface area contributed by atoms with Crippen LogP contribution in [0.1, 0.15) is 13.8 Å². The minimum atomic E-state index is 0.467. The predicted octanol–water partition coefficient (Wildman–Crippen LogP) is 0.729. The molecule has 1 fully saturated rings. The molecule has 0 aromatic heterocycles. The van der Waals surface area contributed by atoms with Crippen LogP contribution >= 0.6 is 0 Å². The average molecular weight is 153 g/mol. The van der Waals surface area contributed by atoms with E-state index in [1.807, 2.05) is 0 Å². The van der Waals surface area contributed by atoms with E-state index in [2.05, 4.69) is 24.7 Å². The van der Waals surface area contributed by atoms with Gasteiger partial charge in [-0.05, 0) is 13.8 Å². The Labute approximate surface area is 68.5 Å². The number of hydrogen-bond donors (Lipinski definition) is 0. The largest absolute Gasteiger partial charge is 0.378 e. The van der Waals surface area contributed by atoms with E-state index >= 15 is 0 Å². The van der Waals surface area contributed by atoms with Gasteiger partial charge in [-0.25, -0.2) is 0 Å². The summed E-state index contributed by atoms with van der Waals surface area (Å²) in [5.41, 5.74) is 0. The summed E-state index contributed by atoms with van der Waals surface area (Å²) in [6, 6.07) is 0.935. The van der Waals surface area contributed by atoms with Crippen molar-refractivity contribution >= 4 is 0 Å². The van der Waals surface area contributed by atoms with Crippen LogP contribution in [0.2, 0.25) is 0 Å². The van der Waals surface area contributed by atoms with Crippen molar-refractivity contribution in [2.45, 2.75) is 25.9 Å². The Kier molecular flexibility index (Phi) is 2.92. The first-order valence-corrected chi connectivity index (χ1v) is 4.02. The second-order valence-corrected chi connectivity index (χ2v) is 3.11. The lowest BCUT2D eigenvalue weighted by Crippen LogP contribution is -2.49. The maximum absolute atomic E-state index is 5.36. The highest BCUT2D eigenvalue weighted by Crippen LogP contribution is 2.11. The van der Waals surface area contributed by atoms with Crippen LogP contribution in [0, 0.1) is 12.3 Å². The number of hydrogen-bond acceptors (Lipinski definition) is 2. The highest BCUT2D eigenvalue weighted by molar-refractivity contribution is 4.92. The maximum atomic E-state index is 5.36. The van der Waals surface area contributed by atoms with Crippen LogP contribution in [0.5, 0.6) is 0 Å². The van der Waals surface area contributed by atoms with E-state index in [1.54, 1.807) is 0 Å². The highest BCUT2D eigenvalue weighted by atomic mass is 16.5. The second-order valence-electron chi connectivity index (χ2n) is 3.11. The molecule has 11 heavy (non-hydrogen) atoms. The quantitative estimate of drug-likeness (QED) is 0.515. The number of ether oxygens (including phenoxy) is 1. The smallest absolute Gasteiger partial charge is 0.0620 e. The van der Waals surface area contributed by atoms with E-state index in [4.69, 9.17) is 11.2 Å². The first-order chi connectivity index (χ1) is 5.25. The van der Waals surface area contributed by atoms with Crippen molar-refractivity contribution in [3.05, 3.63) is 0 Å². The van der Waals surface area contributed by atoms with Gasteiger partial charge in [0, 0.05) is 12.1 Å². The zero-order valence-corrected chi connectivity index (χ0v) is 7.21. The summed E-state index contributed by atoms with van der Waals surface area (Å²) in [5.74, 6) is 2.67. The molecule has 1 heterocycles. The van der Waals surface area contributed by atoms with Gasteiger partial charge in [0.05, 0.1) is 19.8 Å². The molecule has 1 saturated heterocycles. The molecule has 0 radical (unpaired) electrons. The maximum Gasteiger partial charge on any atom is 0.0620 e. The molecule has 1 aliphatic rings. The van der Waals surface area contributed by atoms with Crippen molar-refractivity contribution < 1.29 is 4.74 Å². The summed E-state index contributed by atoms with van der Waals surface area (Å²) in [7, 11) is 0. The summed E-state index contributed by atoms with van der Waals surface area (Å²) >= 11 is 0. The lowest BCUT2D eigenvalue weighted by Gasteiger charge is -2.37. The molecule has 0 bridgehead atoms. The summed E-state index contributed by atoms with van der Waals surface area (Å²) < 4.78 is 5.36. The van der Waals surface area contributed by atoms with E-state index in [0.717, 1.165) is 19.8 Å². The molecule has 2 atom stereocenters. The van der Waals surface area contributed by atoms with Crippen LogP contribution in [0.4, 0.5) is 0 Å². The Bertz CT molecular complexity index is 151. The Morgan fingerprint density at radius 1 is 1.45 bits per heavy atom. The molecular weight excluding hydrogens is 138 g/mol. The zero-order chi connectivity index (χ0) is 8.27. The summed E-state index contributed by atoms with van der Waals surface area (Å²) in [4.78, 5) is 2.30. The van der Waals surface area contributed by atoms with E-state index in [9.17, 15) is 0 Å². The molecule has 62 valence electrons. The fourth-order valence-corrected chi connectivity index (χ4v) is 1.45. The topological polar surface area (TPSA) is 12.5 Å². The number of morpholine rings is 1. The van der Waals surface area contributed by atoms with Gasteiger partial charge in [-0.1, -0.05) is 5.92 Å². The number of terminal acetylenes is 1. The van der Waals surface area contributed by atoms with Gasteiger partial charge >= 0.3 is 0 Å². The Morgan fingerprint density at radius 2 is 2.00 bits per heavy atom. The molecular formula is C9H15NO. The van der Waals surface area contributed by atoms with Crippen molar-refractivity contribution in [2.24, 2.45) is 0 Å². The van der Waals surface area contributed by atoms with Gasteiger partial charge in [0.2, 0.25) is 0 Å². The summed E-state index contributed by atoms with van der Waals surface area (Å²) in [5, 5.41) is 0. The minimum absolute atomic E-state index is 0.467. The van der Waals surface area contributed by atoms with Gasteiger partial charge in [-0.3, -0.25) is 4.90 Å².